The molecule has 1 aliphatic rings. The minimum absolute atomic E-state index is 0.126. The number of benzene rings is 2. The molecule has 0 saturated carbocycles. The summed E-state index contributed by atoms with van der Waals surface area (Å²) >= 11 is 13.8. The molecule has 5 nitrogen and oxygen atoms in total. The first kappa shape index (κ1) is 22.9. The summed E-state index contributed by atoms with van der Waals surface area (Å²) in [7, 11) is 3.80. The van der Waals surface area contributed by atoms with Crippen molar-refractivity contribution < 1.29 is 4.79 Å². The predicted molar refractivity (Wildman–Crippen MR) is 127 cm³/mol. The molecular weight excluding hydrogens is 439 g/mol. The molecule has 3 rings (SSSR count). The Morgan fingerprint density at radius 3 is 2.60 bits per heavy atom. The van der Waals surface area contributed by atoms with Gasteiger partial charge in [-0.25, -0.2) is 4.31 Å². The summed E-state index contributed by atoms with van der Waals surface area (Å²) in [6, 6.07) is 13.9. The van der Waals surface area contributed by atoms with E-state index in [0.29, 0.717) is 29.6 Å². The number of carbonyl (C=O) groups excluding carboxylic acids is 1. The summed E-state index contributed by atoms with van der Waals surface area (Å²) in [6.07, 6.45) is 1.27. The fraction of sp³-hybridized carbons (Fsp3) is 0.364. The Morgan fingerprint density at radius 2 is 1.90 bits per heavy atom. The molecule has 0 aliphatic carbocycles. The largest absolute Gasteiger partial charge is 0.368 e. The molecule has 1 heterocycles. The van der Waals surface area contributed by atoms with E-state index in [1.54, 1.807) is 11.0 Å². The van der Waals surface area contributed by atoms with Crippen molar-refractivity contribution in [3.63, 3.8) is 0 Å². The van der Waals surface area contributed by atoms with Crippen LogP contribution in [0.3, 0.4) is 0 Å². The highest BCUT2D eigenvalue weighted by atomic mass is 35.5. The van der Waals surface area contributed by atoms with Crippen LogP contribution < -0.4 is 5.32 Å². The van der Waals surface area contributed by atoms with Crippen LogP contribution in [0.5, 0.6) is 0 Å². The highest BCUT2D eigenvalue weighted by Crippen LogP contribution is 2.34. The molecule has 0 fully saturated rings. The molecule has 1 amide bonds. The van der Waals surface area contributed by atoms with E-state index >= 15 is 0 Å². The number of hydrogen-bond donors (Lipinski definition) is 1. The molecule has 0 saturated heterocycles. The Kier molecular flexibility index (Phi) is 8.45. The summed E-state index contributed by atoms with van der Waals surface area (Å²) in [4.78, 5) is 19.6. The van der Waals surface area contributed by atoms with Gasteiger partial charge >= 0.3 is 0 Å². The molecule has 0 radical (unpaired) electrons. The van der Waals surface area contributed by atoms with Gasteiger partial charge in [-0.1, -0.05) is 53.5 Å². The highest BCUT2D eigenvalue weighted by molar-refractivity contribution is 7.97. The van der Waals surface area contributed by atoms with Crippen LogP contribution in [0.1, 0.15) is 17.5 Å². The van der Waals surface area contributed by atoms with Gasteiger partial charge in [-0.2, -0.15) is 0 Å². The third kappa shape index (κ3) is 6.38. The van der Waals surface area contributed by atoms with Crippen LogP contribution >= 0.6 is 35.1 Å². The summed E-state index contributed by atoms with van der Waals surface area (Å²) < 4.78 is 2.00. The lowest BCUT2D eigenvalue weighted by Gasteiger charge is -2.20. The molecule has 30 heavy (non-hydrogen) atoms. The monoisotopic (exact) mass is 464 g/mol. The van der Waals surface area contributed by atoms with Crippen molar-refractivity contribution in [1.82, 2.24) is 14.5 Å². The number of hydrogen-bond acceptors (Lipinski definition) is 5. The van der Waals surface area contributed by atoms with Gasteiger partial charge in [0.1, 0.15) is 5.84 Å². The van der Waals surface area contributed by atoms with Crippen molar-refractivity contribution in [2.45, 2.75) is 17.7 Å². The number of rotatable bonds is 9. The van der Waals surface area contributed by atoms with Crippen LogP contribution in [-0.4, -0.2) is 61.2 Å². The second kappa shape index (κ2) is 11.0. The van der Waals surface area contributed by atoms with E-state index in [4.69, 9.17) is 23.2 Å². The molecule has 1 N–H and O–H groups in total. The third-order valence-corrected chi connectivity index (χ3v) is 6.84. The van der Waals surface area contributed by atoms with Crippen molar-refractivity contribution in [3.05, 3.63) is 63.6 Å². The smallest absolute Gasteiger partial charge is 0.223 e. The fourth-order valence-corrected chi connectivity index (χ4v) is 4.36. The molecule has 0 bridgehead atoms. The van der Waals surface area contributed by atoms with Gasteiger partial charge in [-0.05, 0) is 43.1 Å². The number of nitrogens with zero attached hydrogens (tertiary/aromatic N) is 3. The van der Waals surface area contributed by atoms with Crippen LogP contribution in [0.4, 0.5) is 0 Å². The summed E-state index contributed by atoms with van der Waals surface area (Å²) in [6.45, 7) is 3.06. The van der Waals surface area contributed by atoms with Gasteiger partial charge in [0.05, 0.1) is 16.6 Å². The van der Waals surface area contributed by atoms with E-state index in [9.17, 15) is 4.79 Å². The van der Waals surface area contributed by atoms with Gasteiger partial charge < -0.3 is 10.2 Å². The molecule has 8 heteroatoms. The second-order valence-electron chi connectivity index (χ2n) is 7.16. The first-order valence-electron chi connectivity index (χ1n) is 9.89. The normalized spacial score (nSPS) is 13.3. The van der Waals surface area contributed by atoms with Gasteiger partial charge in [0.25, 0.3) is 0 Å². The molecular formula is C22H26Cl2N4OS. The molecule has 0 spiro atoms. The van der Waals surface area contributed by atoms with Crippen LogP contribution in [-0.2, 0) is 11.2 Å². The molecule has 160 valence electrons. The maximum Gasteiger partial charge on any atom is 0.223 e. The predicted octanol–water partition coefficient (Wildman–Crippen LogP) is 4.37. The van der Waals surface area contributed by atoms with Gasteiger partial charge in [-0.15, -0.1) is 0 Å². The van der Waals surface area contributed by atoms with Crippen LogP contribution in [0.15, 0.2) is 52.4 Å². The second-order valence-corrected chi connectivity index (χ2v) is 9.19. The van der Waals surface area contributed by atoms with Gasteiger partial charge in [-0.3, -0.25) is 9.79 Å². The number of aliphatic imine (C=N–C) groups is 1. The van der Waals surface area contributed by atoms with Crippen molar-refractivity contribution in [2.75, 3.05) is 40.3 Å². The number of carbonyl (C=O) groups is 1. The molecule has 2 aromatic rings. The Balaban J connectivity index is 1.41. The molecule has 0 atom stereocenters. The van der Waals surface area contributed by atoms with E-state index in [-0.39, 0.29) is 5.91 Å². The van der Waals surface area contributed by atoms with Gasteiger partial charge in [0, 0.05) is 43.6 Å². The average molecular weight is 465 g/mol. The van der Waals surface area contributed by atoms with E-state index in [0.717, 1.165) is 35.8 Å². The lowest BCUT2D eigenvalue weighted by atomic mass is 10.1. The average Bonchev–Trinajstić information content (AvgIpc) is 3.29. The van der Waals surface area contributed by atoms with Gasteiger partial charge in [0.2, 0.25) is 5.91 Å². The van der Waals surface area contributed by atoms with E-state index in [1.807, 2.05) is 30.5 Å². The fourth-order valence-electron chi connectivity index (χ4n) is 3.05. The maximum absolute atomic E-state index is 12.5. The van der Waals surface area contributed by atoms with Gasteiger partial charge in [0.15, 0.2) is 0 Å². The topological polar surface area (TPSA) is 47.9 Å². The molecule has 0 aromatic heterocycles. The zero-order valence-corrected chi connectivity index (χ0v) is 19.5. The zero-order valence-electron chi connectivity index (χ0n) is 17.2. The van der Waals surface area contributed by atoms with Crippen molar-refractivity contribution in [2.24, 2.45) is 4.99 Å². The van der Waals surface area contributed by atoms with Crippen molar-refractivity contribution in [3.8, 4) is 0 Å². The first-order chi connectivity index (χ1) is 14.4. The number of halogens is 2. The Labute approximate surface area is 192 Å². The maximum atomic E-state index is 12.5. The molecule has 1 aliphatic heterocycles. The number of likely N-dealkylation sites (N-methyl/N-ethyl adjacent to an activating group) is 1. The SMILES string of the molecule is CN(CCC(=O)N(C)CCc1ccc(C2=NCCN2)cc1)Sc1cccc(Cl)c1Cl. The highest BCUT2D eigenvalue weighted by Gasteiger charge is 2.13. The lowest BCUT2D eigenvalue weighted by molar-refractivity contribution is -0.129. The summed E-state index contributed by atoms with van der Waals surface area (Å²) in [5.74, 6) is 1.09. The lowest BCUT2D eigenvalue weighted by Crippen LogP contribution is -2.31. The Hall–Kier alpha value is -1.73. The van der Waals surface area contributed by atoms with Crippen LogP contribution in [0, 0.1) is 0 Å². The van der Waals surface area contributed by atoms with Crippen molar-refractivity contribution >= 4 is 46.9 Å². The third-order valence-electron chi connectivity index (χ3n) is 4.87. The van der Waals surface area contributed by atoms with Crippen LogP contribution in [0.25, 0.3) is 0 Å². The van der Waals surface area contributed by atoms with E-state index < -0.39 is 0 Å². The van der Waals surface area contributed by atoms with Crippen molar-refractivity contribution in [1.29, 1.82) is 0 Å². The Bertz CT molecular complexity index is 905. The number of amidine groups is 1. The zero-order chi connectivity index (χ0) is 21.5. The first-order valence-corrected chi connectivity index (χ1v) is 11.4. The van der Waals surface area contributed by atoms with Crippen LogP contribution in [0.2, 0.25) is 10.0 Å². The summed E-state index contributed by atoms with van der Waals surface area (Å²) in [5.41, 5.74) is 2.32. The molecule has 2 aromatic carbocycles. The minimum atomic E-state index is 0.126. The van der Waals surface area contributed by atoms with E-state index in [1.165, 1.54) is 17.5 Å². The summed E-state index contributed by atoms with van der Waals surface area (Å²) in [5, 5.41) is 4.36. The standard InChI is InChI=1S/C22H26Cl2N4OS/c1-27(14-10-16-6-8-17(9-7-16)22-25-12-13-26-22)20(29)11-15-28(2)30-19-5-3-4-18(23)21(19)24/h3-9H,10-15H2,1-2H3,(H,25,26). The Morgan fingerprint density at radius 1 is 1.13 bits per heavy atom. The quantitative estimate of drug-likeness (QED) is 0.559. The number of nitrogens with one attached hydrogen (secondary N) is 1. The minimum Gasteiger partial charge on any atom is -0.368 e. The van der Waals surface area contributed by atoms with E-state index in [2.05, 4.69) is 34.6 Å². The molecule has 0 unspecified atom stereocenters. The number of amides is 1.